The van der Waals surface area contributed by atoms with E-state index in [0.29, 0.717) is 17.9 Å². The average molecular weight is 306 g/mol. The van der Waals surface area contributed by atoms with E-state index < -0.39 is 0 Å². The molecule has 0 amide bonds. The Bertz CT molecular complexity index is 706. The lowest BCUT2D eigenvalue weighted by atomic mass is 9.70. The highest BCUT2D eigenvalue weighted by atomic mass is 15.1. The molecule has 0 saturated heterocycles. The zero-order chi connectivity index (χ0) is 16.0. The summed E-state index contributed by atoms with van der Waals surface area (Å²) in [6.45, 7) is 0. The van der Waals surface area contributed by atoms with Crippen LogP contribution in [-0.4, -0.2) is 32.1 Å². The normalized spacial score (nSPS) is 26.3. The number of fused-ring (bicyclic) bond motifs is 5. The zero-order valence-electron chi connectivity index (χ0n) is 14.4. The summed E-state index contributed by atoms with van der Waals surface area (Å²) in [7, 11) is 6.68. The van der Waals surface area contributed by atoms with Gasteiger partial charge in [0, 0.05) is 24.5 Å². The summed E-state index contributed by atoms with van der Waals surface area (Å²) in [5, 5.41) is 0. The van der Waals surface area contributed by atoms with Crippen molar-refractivity contribution in [1.82, 2.24) is 4.90 Å². The lowest BCUT2D eigenvalue weighted by Gasteiger charge is -2.39. The minimum absolute atomic E-state index is 0.624. The highest BCUT2D eigenvalue weighted by Crippen LogP contribution is 2.52. The van der Waals surface area contributed by atoms with Crippen LogP contribution in [0.4, 0.5) is 11.4 Å². The number of nitrogens with zero attached hydrogens (tertiary/aromatic N) is 2. The van der Waals surface area contributed by atoms with Crippen molar-refractivity contribution in [1.29, 1.82) is 0 Å². The molecule has 2 aliphatic rings. The molecule has 1 fully saturated rings. The van der Waals surface area contributed by atoms with Gasteiger partial charge in [0.2, 0.25) is 0 Å². The fraction of sp³-hybridized carbons (Fsp3) is 0.429. The second kappa shape index (κ2) is 5.68. The lowest BCUT2D eigenvalue weighted by molar-refractivity contribution is 0.198. The Labute approximate surface area is 139 Å². The first kappa shape index (κ1) is 14.8. The molecule has 1 heterocycles. The average Bonchev–Trinajstić information content (AvgIpc) is 2.70. The van der Waals surface area contributed by atoms with Crippen molar-refractivity contribution >= 4 is 11.4 Å². The van der Waals surface area contributed by atoms with Crippen molar-refractivity contribution in [3.63, 3.8) is 0 Å². The van der Waals surface area contributed by atoms with Gasteiger partial charge in [-0.25, -0.2) is 0 Å². The summed E-state index contributed by atoms with van der Waals surface area (Å²) in [5.74, 6) is 1.27. The minimum atomic E-state index is 0.624. The number of hydrogen-bond donors (Lipinski definition) is 0. The molecule has 0 aromatic heterocycles. The van der Waals surface area contributed by atoms with Gasteiger partial charge in [-0.15, -0.1) is 0 Å². The van der Waals surface area contributed by atoms with Crippen LogP contribution in [0.3, 0.4) is 0 Å². The third-order valence-corrected chi connectivity index (χ3v) is 5.95. The molecule has 3 unspecified atom stereocenters. The van der Waals surface area contributed by atoms with Crippen molar-refractivity contribution in [3.8, 4) is 0 Å². The quantitative estimate of drug-likeness (QED) is 0.750. The monoisotopic (exact) mass is 306 g/mol. The van der Waals surface area contributed by atoms with Gasteiger partial charge in [0.25, 0.3) is 0 Å². The topological polar surface area (TPSA) is 6.48 Å². The van der Waals surface area contributed by atoms with E-state index in [4.69, 9.17) is 0 Å². The molecule has 2 heteroatoms. The number of benzene rings is 2. The van der Waals surface area contributed by atoms with E-state index in [1.807, 2.05) is 0 Å². The minimum Gasteiger partial charge on any atom is -0.344 e. The summed E-state index contributed by atoms with van der Waals surface area (Å²) in [6, 6.07) is 18.7. The number of rotatable bonds is 1. The maximum Gasteiger partial charge on any atom is 0.0443 e. The van der Waals surface area contributed by atoms with Crippen LogP contribution in [-0.2, 0) is 0 Å². The van der Waals surface area contributed by atoms with Gasteiger partial charge < -0.3 is 9.80 Å². The molecule has 3 atom stereocenters. The molecule has 1 saturated carbocycles. The van der Waals surface area contributed by atoms with Crippen molar-refractivity contribution in [2.45, 2.75) is 37.1 Å². The smallest absolute Gasteiger partial charge is 0.0443 e. The molecular weight excluding hydrogens is 280 g/mol. The van der Waals surface area contributed by atoms with Crippen molar-refractivity contribution in [3.05, 3.63) is 59.7 Å². The summed E-state index contributed by atoms with van der Waals surface area (Å²) < 4.78 is 0. The van der Waals surface area contributed by atoms with Crippen LogP contribution < -0.4 is 4.90 Å². The van der Waals surface area contributed by atoms with Gasteiger partial charge in [-0.1, -0.05) is 36.4 Å². The summed E-state index contributed by atoms with van der Waals surface area (Å²) in [4.78, 5) is 4.81. The number of para-hydroxylation sites is 2. The summed E-state index contributed by atoms with van der Waals surface area (Å²) in [6.07, 6.45) is 3.85. The van der Waals surface area contributed by atoms with Gasteiger partial charge in [0.05, 0.1) is 0 Å². The van der Waals surface area contributed by atoms with Crippen LogP contribution in [0.25, 0.3) is 0 Å². The number of anilines is 2. The third kappa shape index (κ3) is 2.36. The lowest BCUT2D eigenvalue weighted by Crippen LogP contribution is -2.35. The molecule has 1 aliphatic heterocycles. The third-order valence-electron chi connectivity index (χ3n) is 5.95. The first-order chi connectivity index (χ1) is 11.2. The van der Waals surface area contributed by atoms with E-state index in [9.17, 15) is 0 Å². The Hall–Kier alpha value is -1.80. The Morgan fingerprint density at radius 3 is 2.00 bits per heavy atom. The fourth-order valence-electron chi connectivity index (χ4n) is 4.68. The molecule has 1 aliphatic carbocycles. The fourth-order valence-corrected chi connectivity index (χ4v) is 4.68. The van der Waals surface area contributed by atoms with Crippen LogP contribution in [0.1, 0.15) is 42.2 Å². The zero-order valence-corrected chi connectivity index (χ0v) is 14.4. The maximum atomic E-state index is 2.42. The summed E-state index contributed by atoms with van der Waals surface area (Å²) in [5.41, 5.74) is 5.83. The van der Waals surface area contributed by atoms with Gasteiger partial charge in [-0.3, -0.25) is 0 Å². The van der Waals surface area contributed by atoms with E-state index in [0.717, 1.165) is 0 Å². The van der Waals surface area contributed by atoms with Crippen LogP contribution in [0.15, 0.2) is 48.5 Å². The molecule has 2 nitrogen and oxygen atoms in total. The molecular formula is C21H26N2. The highest BCUT2D eigenvalue weighted by molar-refractivity contribution is 5.72. The van der Waals surface area contributed by atoms with Gasteiger partial charge >= 0.3 is 0 Å². The predicted molar refractivity (Wildman–Crippen MR) is 97.8 cm³/mol. The first-order valence-corrected chi connectivity index (χ1v) is 8.75. The van der Waals surface area contributed by atoms with Crippen LogP contribution in [0.2, 0.25) is 0 Å². The second-order valence-corrected chi connectivity index (χ2v) is 7.32. The van der Waals surface area contributed by atoms with Gasteiger partial charge in [-0.05, 0) is 68.5 Å². The van der Waals surface area contributed by atoms with E-state index in [1.165, 1.54) is 41.8 Å². The molecule has 0 bridgehead atoms. The molecule has 120 valence electrons. The Balaban J connectivity index is 1.88. The molecule has 23 heavy (non-hydrogen) atoms. The largest absolute Gasteiger partial charge is 0.344 e. The molecule has 0 radical (unpaired) electrons. The van der Waals surface area contributed by atoms with E-state index in [1.54, 1.807) is 0 Å². The van der Waals surface area contributed by atoms with Crippen molar-refractivity contribution in [2.24, 2.45) is 0 Å². The maximum absolute atomic E-state index is 2.42. The predicted octanol–water partition coefficient (Wildman–Crippen LogP) is 4.75. The number of hydrogen-bond acceptors (Lipinski definition) is 2. The van der Waals surface area contributed by atoms with Gasteiger partial charge in [-0.2, -0.15) is 0 Å². The standard InChI is InChI=1S/C21H26N2/c1-22(2)15-12-13-16-17-8-4-6-10-20(17)23(3)21-11-7-5-9-18(21)19(16)14-15/h4-11,15-16,19H,12-14H2,1-3H3. The molecule has 0 N–H and O–H groups in total. The highest BCUT2D eigenvalue weighted by Gasteiger charge is 2.38. The van der Waals surface area contributed by atoms with Gasteiger partial charge in [0.15, 0.2) is 0 Å². The van der Waals surface area contributed by atoms with Crippen molar-refractivity contribution < 1.29 is 0 Å². The van der Waals surface area contributed by atoms with Crippen LogP contribution >= 0.6 is 0 Å². The van der Waals surface area contributed by atoms with Crippen LogP contribution in [0, 0.1) is 0 Å². The summed E-state index contributed by atoms with van der Waals surface area (Å²) >= 11 is 0. The van der Waals surface area contributed by atoms with Crippen LogP contribution in [0.5, 0.6) is 0 Å². The Kier molecular flexibility index (Phi) is 3.65. The molecule has 4 rings (SSSR count). The van der Waals surface area contributed by atoms with E-state index in [-0.39, 0.29) is 0 Å². The molecule has 2 aromatic rings. The molecule has 2 aromatic carbocycles. The van der Waals surface area contributed by atoms with Gasteiger partial charge in [0.1, 0.15) is 0 Å². The second-order valence-electron chi connectivity index (χ2n) is 7.32. The molecule has 0 spiro atoms. The SMILES string of the molecule is CN1c2ccccc2C2CCC(N(C)C)CC2c2ccccc21. The van der Waals surface area contributed by atoms with E-state index in [2.05, 4.69) is 79.5 Å². The first-order valence-electron chi connectivity index (χ1n) is 8.75. The van der Waals surface area contributed by atoms with Crippen molar-refractivity contribution in [2.75, 3.05) is 26.0 Å². The Morgan fingerprint density at radius 1 is 0.826 bits per heavy atom. The van der Waals surface area contributed by atoms with E-state index >= 15 is 0 Å². The Morgan fingerprint density at radius 2 is 1.39 bits per heavy atom.